The minimum atomic E-state index is -1.22. The van der Waals surface area contributed by atoms with E-state index in [0.717, 1.165) is 4.90 Å². The van der Waals surface area contributed by atoms with Crippen molar-refractivity contribution in [1.29, 1.82) is 0 Å². The number of aliphatic hydroxyl groups is 1. The first-order valence-corrected chi connectivity index (χ1v) is 11.8. The number of hydrogen-bond donors (Lipinski definition) is 3. The lowest BCUT2D eigenvalue weighted by Gasteiger charge is -2.28. The number of aromatic nitrogens is 2. The lowest BCUT2D eigenvalue weighted by atomic mass is 10.0. The molecule has 0 atom stereocenters. The molecule has 4 rings (SSSR count). The number of aliphatic hydroxyl groups excluding tert-OH is 1. The fraction of sp³-hybridized carbons (Fsp3) is 0.280. The zero-order chi connectivity index (χ0) is 26.5. The van der Waals surface area contributed by atoms with Crippen molar-refractivity contribution in [2.24, 2.45) is 0 Å². The van der Waals surface area contributed by atoms with Gasteiger partial charge in [-0.05, 0) is 37.4 Å². The second-order valence-corrected chi connectivity index (χ2v) is 8.84. The quantitative estimate of drug-likeness (QED) is 0.403. The molecule has 3 N–H and O–H groups in total. The van der Waals surface area contributed by atoms with Gasteiger partial charge in [-0.25, -0.2) is 14.2 Å². The van der Waals surface area contributed by atoms with Crippen LogP contribution in [-0.2, 0) is 4.79 Å². The second kappa shape index (κ2) is 11.5. The molecule has 12 heteroatoms. The number of halogens is 2. The lowest BCUT2D eigenvalue weighted by Crippen LogP contribution is -2.37. The van der Waals surface area contributed by atoms with Gasteiger partial charge in [-0.15, -0.1) is 0 Å². The molecule has 1 aliphatic rings. The van der Waals surface area contributed by atoms with Crippen LogP contribution in [0.2, 0.25) is 5.02 Å². The molecule has 2 aromatic heterocycles. The normalized spacial score (nSPS) is 12.7. The number of carbonyl (C=O) groups is 2. The SMILES string of the molecule is CN(CCO)CCC(=O)Nc1cncc(-c2cc(-c3cc(Cl)ccc3F)nc3c2OCCN3C(=O)O)c1. The Labute approximate surface area is 217 Å². The smallest absolute Gasteiger partial charge is 0.413 e. The molecule has 3 heterocycles. The molecule has 1 aliphatic heterocycles. The van der Waals surface area contributed by atoms with E-state index in [1.54, 1.807) is 19.2 Å². The molecule has 0 unspecified atom stereocenters. The van der Waals surface area contributed by atoms with Gasteiger partial charge in [0, 0.05) is 47.4 Å². The summed E-state index contributed by atoms with van der Waals surface area (Å²) in [5.41, 5.74) is 1.60. The third-order valence-electron chi connectivity index (χ3n) is 5.74. The van der Waals surface area contributed by atoms with Crippen LogP contribution in [0.25, 0.3) is 22.4 Å². The highest BCUT2D eigenvalue weighted by atomic mass is 35.5. The summed E-state index contributed by atoms with van der Waals surface area (Å²) >= 11 is 6.09. The summed E-state index contributed by atoms with van der Waals surface area (Å²) in [7, 11) is 1.80. The predicted molar refractivity (Wildman–Crippen MR) is 137 cm³/mol. The van der Waals surface area contributed by atoms with Gasteiger partial charge < -0.3 is 25.2 Å². The number of benzene rings is 1. The number of amides is 2. The summed E-state index contributed by atoms with van der Waals surface area (Å²) in [4.78, 5) is 35.9. The maximum atomic E-state index is 14.7. The first kappa shape index (κ1) is 26.3. The van der Waals surface area contributed by atoms with E-state index < -0.39 is 11.9 Å². The minimum absolute atomic E-state index is 0.00277. The van der Waals surface area contributed by atoms with E-state index in [1.807, 2.05) is 4.90 Å². The van der Waals surface area contributed by atoms with Gasteiger partial charge in [0.05, 0.1) is 30.7 Å². The van der Waals surface area contributed by atoms with Crippen molar-refractivity contribution < 1.29 is 28.9 Å². The van der Waals surface area contributed by atoms with Crippen molar-refractivity contribution in [3.05, 3.63) is 53.6 Å². The summed E-state index contributed by atoms with van der Waals surface area (Å²) in [6, 6.07) is 7.26. The maximum absolute atomic E-state index is 14.7. The zero-order valence-corrected chi connectivity index (χ0v) is 20.7. The van der Waals surface area contributed by atoms with Gasteiger partial charge in [-0.1, -0.05) is 11.6 Å². The largest absolute Gasteiger partial charge is 0.487 e. The van der Waals surface area contributed by atoms with E-state index in [4.69, 9.17) is 21.4 Å². The van der Waals surface area contributed by atoms with Gasteiger partial charge in [0.2, 0.25) is 5.91 Å². The molecule has 3 aromatic rings. The molecule has 0 spiro atoms. The topological polar surface area (TPSA) is 128 Å². The Kier molecular flexibility index (Phi) is 8.17. The van der Waals surface area contributed by atoms with Gasteiger partial charge in [-0.3, -0.25) is 14.7 Å². The standard InChI is InChI=1S/C25H25ClFN5O5/c1-31(6-8-33)5-4-22(34)29-17-10-15(13-28-14-17)18-12-21(19-11-16(26)2-3-20(19)27)30-24-23(18)37-9-7-32(24)25(35)36/h2-3,10-14,33H,4-9H2,1H3,(H,29,34)(H,35,36). The zero-order valence-electron chi connectivity index (χ0n) is 19.9. The average molecular weight is 530 g/mol. The average Bonchev–Trinajstić information content (AvgIpc) is 2.88. The maximum Gasteiger partial charge on any atom is 0.413 e. The highest BCUT2D eigenvalue weighted by molar-refractivity contribution is 6.30. The molecule has 194 valence electrons. The number of carboxylic acid groups (broad SMARTS) is 1. The number of hydrogen-bond acceptors (Lipinski definition) is 7. The first-order chi connectivity index (χ1) is 17.8. The Balaban J connectivity index is 1.73. The van der Waals surface area contributed by atoms with Crippen molar-refractivity contribution in [2.45, 2.75) is 6.42 Å². The Morgan fingerprint density at radius 3 is 2.78 bits per heavy atom. The predicted octanol–water partition coefficient (Wildman–Crippen LogP) is 3.73. The molecular weight excluding hydrogens is 505 g/mol. The minimum Gasteiger partial charge on any atom is -0.487 e. The van der Waals surface area contributed by atoms with Crippen LogP contribution in [0.3, 0.4) is 0 Å². The summed E-state index contributed by atoms with van der Waals surface area (Å²) < 4.78 is 20.5. The van der Waals surface area contributed by atoms with Gasteiger partial charge >= 0.3 is 6.09 Å². The van der Waals surface area contributed by atoms with Crippen molar-refractivity contribution in [3.63, 3.8) is 0 Å². The fourth-order valence-corrected chi connectivity index (χ4v) is 4.05. The lowest BCUT2D eigenvalue weighted by molar-refractivity contribution is -0.116. The van der Waals surface area contributed by atoms with E-state index in [2.05, 4.69) is 15.3 Å². The molecule has 0 saturated carbocycles. The van der Waals surface area contributed by atoms with Gasteiger partial charge in [0.15, 0.2) is 11.6 Å². The summed E-state index contributed by atoms with van der Waals surface area (Å²) in [5.74, 6) is -0.593. The van der Waals surface area contributed by atoms with Gasteiger partial charge in [0.25, 0.3) is 0 Å². The van der Waals surface area contributed by atoms with Gasteiger partial charge in [-0.2, -0.15) is 0 Å². The molecule has 0 fully saturated rings. The third kappa shape index (κ3) is 6.13. The summed E-state index contributed by atoms with van der Waals surface area (Å²) in [6.07, 6.45) is 1.99. The number of fused-ring (bicyclic) bond motifs is 1. The number of carbonyl (C=O) groups excluding carboxylic acids is 1. The fourth-order valence-electron chi connectivity index (χ4n) is 3.88. The van der Waals surface area contributed by atoms with Gasteiger partial charge in [0.1, 0.15) is 12.4 Å². The monoisotopic (exact) mass is 529 g/mol. The Hall–Kier alpha value is -3.80. The summed E-state index contributed by atoms with van der Waals surface area (Å²) in [5, 5.41) is 21.8. The number of nitrogens with one attached hydrogen (secondary N) is 1. The highest BCUT2D eigenvalue weighted by Crippen LogP contribution is 2.42. The van der Waals surface area contributed by atoms with E-state index in [1.165, 1.54) is 30.6 Å². The number of pyridine rings is 2. The summed E-state index contributed by atoms with van der Waals surface area (Å²) in [6.45, 7) is 1.08. The Morgan fingerprint density at radius 2 is 2.03 bits per heavy atom. The van der Waals surface area contributed by atoms with Crippen LogP contribution in [0.1, 0.15) is 6.42 Å². The number of anilines is 2. The molecule has 1 aromatic carbocycles. The van der Waals surface area contributed by atoms with Crippen LogP contribution in [-0.4, -0.2) is 77.0 Å². The van der Waals surface area contributed by atoms with Crippen molar-refractivity contribution in [2.75, 3.05) is 50.1 Å². The van der Waals surface area contributed by atoms with Crippen LogP contribution >= 0.6 is 11.6 Å². The molecular formula is C25H25ClFN5O5. The highest BCUT2D eigenvalue weighted by Gasteiger charge is 2.29. The van der Waals surface area contributed by atoms with Crippen LogP contribution < -0.4 is 15.0 Å². The molecule has 37 heavy (non-hydrogen) atoms. The van der Waals surface area contributed by atoms with Crippen LogP contribution in [0.4, 0.5) is 20.7 Å². The van der Waals surface area contributed by atoms with Crippen molar-refractivity contribution >= 4 is 35.1 Å². The second-order valence-electron chi connectivity index (χ2n) is 8.40. The molecule has 0 radical (unpaired) electrons. The van der Waals surface area contributed by atoms with Crippen LogP contribution in [0, 0.1) is 5.82 Å². The van der Waals surface area contributed by atoms with E-state index >= 15 is 0 Å². The van der Waals surface area contributed by atoms with Crippen LogP contribution in [0.15, 0.2) is 42.7 Å². The Bertz CT molecular complexity index is 1320. The van der Waals surface area contributed by atoms with Crippen molar-refractivity contribution in [3.8, 4) is 28.1 Å². The van der Waals surface area contributed by atoms with E-state index in [9.17, 15) is 19.1 Å². The molecule has 0 bridgehead atoms. The van der Waals surface area contributed by atoms with Crippen LogP contribution in [0.5, 0.6) is 5.75 Å². The number of ether oxygens (including phenoxy) is 1. The number of likely N-dealkylation sites (N-methyl/N-ethyl adjacent to an activating group) is 1. The van der Waals surface area contributed by atoms with E-state index in [0.29, 0.717) is 34.9 Å². The number of rotatable bonds is 8. The molecule has 0 aliphatic carbocycles. The molecule has 2 amide bonds. The third-order valence-corrected chi connectivity index (χ3v) is 5.98. The molecule has 0 saturated heterocycles. The van der Waals surface area contributed by atoms with Crippen molar-refractivity contribution in [1.82, 2.24) is 14.9 Å². The number of nitrogens with zero attached hydrogens (tertiary/aromatic N) is 4. The van der Waals surface area contributed by atoms with E-state index in [-0.39, 0.29) is 54.9 Å². The Morgan fingerprint density at radius 1 is 1.22 bits per heavy atom. The molecule has 10 nitrogen and oxygen atoms in total. The first-order valence-electron chi connectivity index (χ1n) is 11.4.